The smallest absolute Gasteiger partial charge is 0.270 e. The quantitative estimate of drug-likeness (QED) is 0.771. The number of aromatic nitrogens is 1. The Bertz CT molecular complexity index is 1020. The molecule has 2 aromatic rings. The Labute approximate surface area is 173 Å². The van der Waals surface area contributed by atoms with E-state index in [1.54, 1.807) is 12.3 Å². The molecule has 0 spiro atoms. The van der Waals surface area contributed by atoms with Crippen molar-refractivity contribution in [3.05, 3.63) is 42.2 Å². The molecule has 2 aliphatic heterocycles. The third-order valence-corrected chi connectivity index (χ3v) is 5.58. The van der Waals surface area contributed by atoms with Gasteiger partial charge >= 0.3 is 0 Å². The maximum absolute atomic E-state index is 13.3. The van der Waals surface area contributed by atoms with Gasteiger partial charge in [-0.05, 0) is 30.7 Å². The second-order valence-corrected chi connectivity index (χ2v) is 7.45. The Morgan fingerprint density at radius 3 is 2.67 bits per heavy atom. The fraction of sp³-hybridized carbons (Fsp3) is 0.381. The number of carbonyl (C=O) groups excluding carboxylic acids is 4. The molecule has 2 N–H and O–H groups in total. The van der Waals surface area contributed by atoms with E-state index < -0.39 is 23.9 Å². The summed E-state index contributed by atoms with van der Waals surface area (Å²) < 4.78 is 0. The Morgan fingerprint density at radius 2 is 1.90 bits per heavy atom. The maximum atomic E-state index is 13.3. The molecule has 0 aliphatic carbocycles. The summed E-state index contributed by atoms with van der Waals surface area (Å²) in [6, 6.07) is 7.52. The number of benzene rings is 1. The van der Waals surface area contributed by atoms with E-state index in [-0.39, 0.29) is 30.3 Å². The number of pyridine rings is 1. The predicted molar refractivity (Wildman–Crippen MR) is 108 cm³/mol. The zero-order valence-electron chi connectivity index (χ0n) is 16.6. The van der Waals surface area contributed by atoms with Crippen molar-refractivity contribution < 1.29 is 19.2 Å². The Hall–Kier alpha value is -3.49. The van der Waals surface area contributed by atoms with Crippen LogP contribution in [0.1, 0.15) is 36.2 Å². The minimum atomic E-state index is -0.912. The molecule has 2 unspecified atom stereocenters. The van der Waals surface area contributed by atoms with Gasteiger partial charge in [-0.15, -0.1) is 0 Å². The summed E-state index contributed by atoms with van der Waals surface area (Å²) in [4.78, 5) is 55.1. The summed E-state index contributed by atoms with van der Waals surface area (Å²) in [6.07, 6.45) is 2.98. The molecule has 4 rings (SSSR count). The van der Waals surface area contributed by atoms with Crippen molar-refractivity contribution in [2.24, 2.45) is 0 Å². The number of hydrogen-bond acceptors (Lipinski definition) is 5. The SMILES string of the molecule is CNC(=O)C1CCCN2C(=O)CCC(NC(=O)c3cc4ccccc4cn3)C(=O)N12. The number of hydrogen-bond donors (Lipinski definition) is 2. The van der Waals surface area contributed by atoms with Crippen molar-refractivity contribution in [1.29, 1.82) is 0 Å². The first-order chi connectivity index (χ1) is 14.5. The van der Waals surface area contributed by atoms with Crippen LogP contribution in [0.25, 0.3) is 10.8 Å². The molecule has 2 aliphatic rings. The standard InChI is InChI=1S/C21H23N5O4/c1-22-20(29)17-7-4-10-25-18(27)9-8-15(21(30)26(17)25)24-19(28)16-11-13-5-2-3-6-14(13)12-23-16/h2-3,5-6,11-12,15,17H,4,7-10H2,1H3,(H,22,29)(H,24,28). The lowest BCUT2D eigenvalue weighted by Crippen LogP contribution is -2.63. The van der Waals surface area contributed by atoms with Crippen molar-refractivity contribution in [2.45, 2.75) is 37.8 Å². The van der Waals surface area contributed by atoms with Crippen molar-refractivity contribution in [1.82, 2.24) is 25.6 Å². The van der Waals surface area contributed by atoms with Gasteiger partial charge in [0.1, 0.15) is 17.8 Å². The molecule has 1 aromatic heterocycles. The van der Waals surface area contributed by atoms with E-state index in [9.17, 15) is 19.2 Å². The number of rotatable bonds is 3. The minimum absolute atomic E-state index is 0.110. The molecule has 3 heterocycles. The van der Waals surface area contributed by atoms with E-state index in [1.807, 2.05) is 24.3 Å². The molecule has 2 saturated heterocycles. The van der Waals surface area contributed by atoms with Gasteiger partial charge in [-0.2, -0.15) is 0 Å². The van der Waals surface area contributed by atoms with E-state index in [1.165, 1.54) is 17.1 Å². The Morgan fingerprint density at radius 1 is 1.13 bits per heavy atom. The summed E-state index contributed by atoms with van der Waals surface area (Å²) in [6.45, 7) is 0.380. The van der Waals surface area contributed by atoms with Gasteiger partial charge in [0, 0.05) is 31.6 Å². The van der Waals surface area contributed by atoms with Gasteiger partial charge in [-0.1, -0.05) is 24.3 Å². The van der Waals surface area contributed by atoms with E-state index in [0.717, 1.165) is 10.8 Å². The molecule has 30 heavy (non-hydrogen) atoms. The monoisotopic (exact) mass is 409 g/mol. The number of nitrogens with zero attached hydrogens (tertiary/aromatic N) is 3. The molecule has 0 saturated carbocycles. The van der Waals surface area contributed by atoms with Crippen LogP contribution < -0.4 is 10.6 Å². The van der Waals surface area contributed by atoms with E-state index in [4.69, 9.17) is 0 Å². The molecule has 2 fully saturated rings. The number of likely N-dealkylation sites (N-methyl/N-ethyl adjacent to an activating group) is 1. The molecule has 0 radical (unpaired) electrons. The fourth-order valence-corrected chi connectivity index (χ4v) is 4.01. The van der Waals surface area contributed by atoms with Gasteiger partial charge in [0.25, 0.3) is 11.8 Å². The molecular weight excluding hydrogens is 386 g/mol. The van der Waals surface area contributed by atoms with Gasteiger partial charge in [-0.25, -0.2) is 5.01 Å². The lowest BCUT2D eigenvalue weighted by Gasteiger charge is -2.42. The average Bonchev–Trinajstić information content (AvgIpc) is 2.90. The Kier molecular flexibility index (Phi) is 5.35. The molecule has 156 valence electrons. The van der Waals surface area contributed by atoms with Gasteiger partial charge in [0.05, 0.1) is 0 Å². The van der Waals surface area contributed by atoms with Crippen LogP contribution >= 0.6 is 0 Å². The molecular formula is C21H23N5O4. The zero-order chi connectivity index (χ0) is 21.3. The summed E-state index contributed by atoms with van der Waals surface area (Å²) in [5.74, 6) is -1.50. The summed E-state index contributed by atoms with van der Waals surface area (Å²) in [5.41, 5.74) is 0.190. The molecule has 9 nitrogen and oxygen atoms in total. The average molecular weight is 409 g/mol. The fourth-order valence-electron chi connectivity index (χ4n) is 4.01. The number of carbonyl (C=O) groups is 4. The lowest BCUT2D eigenvalue weighted by molar-refractivity contribution is -0.175. The van der Waals surface area contributed by atoms with Crippen LogP contribution in [0.15, 0.2) is 36.5 Å². The lowest BCUT2D eigenvalue weighted by atomic mass is 10.1. The van der Waals surface area contributed by atoms with Crippen LogP contribution in [0.4, 0.5) is 0 Å². The number of amides is 4. The maximum Gasteiger partial charge on any atom is 0.270 e. The molecule has 4 amide bonds. The number of fused-ring (bicyclic) bond motifs is 2. The molecule has 0 bridgehead atoms. The van der Waals surface area contributed by atoms with Crippen LogP contribution in [-0.4, -0.2) is 64.3 Å². The Balaban J connectivity index is 1.58. The highest BCUT2D eigenvalue weighted by Crippen LogP contribution is 2.25. The highest BCUT2D eigenvalue weighted by molar-refractivity contribution is 6.00. The van der Waals surface area contributed by atoms with Gasteiger partial charge in [0.15, 0.2) is 0 Å². The third-order valence-electron chi connectivity index (χ3n) is 5.58. The summed E-state index contributed by atoms with van der Waals surface area (Å²) in [5, 5.41) is 9.63. The molecule has 9 heteroatoms. The number of nitrogens with one attached hydrogen (secondary N) is 2. The van der Waals surface area contributed by atoms with E-state index in [2.05, 4.69) is 15.6 Å². The summed E-state index contributed by atoms with van der Waals surface area (Å²) in [7, 11) is 1.50. The van der Waals surface area contributed by atoms with E-state index >= 15 is 0 Å². The molecule has 2 atom stereocenters. The van der Waals surface area contributed by atoms with Crippen molar-refractivity contribution in [3.8, 4) is 0 Å². The van der Waals surface area contributed by atoms with Gasteiger partial charge in [-0.3, -0.25) is 29.2 Å². The minimum Gasteiger partial charge on any atom is -0.357 e. The van der Waals surface area contributed by atoms with Crippen molar-refractivity contribution in [3.63, 3.8) is 0 Å². The van der Waals surface area contributed by atoms with Crippen molar-refractivity contribution >= 4 is 34.4 Å². The van der Waals surface area contributed by atoms with Crippen LogP contribution in [0.2, 0.25) is 0 Å². The van der Waals surface area contributed by atoms with Gasteiger partial charge in [0.2, 0.25) is 11.8 Å². The van der Waals surface area contributed by atoms with Crippen LogP contribution in [-0.2, 0) is 14.4 Å². The number of hydrazine groups is 1. The van der Waals surface area contributed by atoms with Crippen LogP contribution in [0.3, 0.4) is 0 Å². The normalized spacial score (nSPS) is 21.8. The highest BCUT2D eigenvalue weighted by atomic mass is 16.2. The van der Waals surface area contributed by atoms with Gasteiger partial charge < -0.3 is 10.6 Å². The van der Waals surface area contributed by atoms with Crippen molar-refractivity contribution in [2.75, 3.05) is 13.6 Å². The topological polar surface area (TPSA) is 112 Å². The summed E-state index contributed by atoms with van der Waals surface area (Å²) >= 11 is 0. The zero-order valence-corrected chi connectivity index (χ0v) is 16.6. The molecule has 1 aromatic carbocycles. The largest absolute Gasteiger partial charge is 0.357 e. The third kappa shape index (κ3) is 3.58. The second-order valence-electron chi connectivity index (χ2n) is 7.45. The highest BCUT2D eigenvalue weighted by Gasteiger charge is 2.44. The predicted octanol–water partition coefficient (Wildman–Crippen LogP) is 0.608. The first-order valence-electron chi connectivity index (χ1n) is 10.00. The second kappa shape index (κ2) is 8.10. The first-order valence-corrected chi connectivity index (χ1v) is 10.00. The van der Waals surface area contributed by atoms with Crippen LogP contribution in [0, 0.1) is 0 Å². The van der Waals surface area contributed by atoms with Crippen LogP contribution in [0.5, 0.6) is 0 Å². The first kappa shape index (κ1) is 19.8. The van der Waals surface area contributed by atoms with E-state index in [0.29, 0.717) is 19.4 Å².